The number of amides is 1. The summed E-state index contributed by atoms with van der Waals surface area (Å²) in [5, 5.41) is 0. The Labute approximate surface area is 112 Å². The number of likely N-dealkylation sites (N-methyl/N-ethyl adjacent to an activating group) is 1. The van der Waals surface area contributed by atoms with Crippen LogP contribution in [0.15, 0.2) is 22.6 Å². The van der Waals surface area contributed by atoms with Crippen molar-refractivity contribution in [2.75, 3.05) is 18.6 Å². The van der Waals surface area contributed by atoms with Gasteiger partial charge in [0.15, 0.2) is 9.84 Å². The van der Waals surface area contributed by atoms with Crippen LogP contribution in [0.4, 0.5) is 0 Å². The van der Waals surface area contributed by atoms with Gasteiger partial charge in [0.25, 0.3) is 0 Å². The van der Waals surface area contributed by atoms with Gasteiger partial charge in [-0.25, -0.2) is 8.42 Å². The molecule has 0 bridgehead atoms. The number of aryl methyl sites for hydroxylation is 1. The van der Waals surface area contributed by atoms with E-state index < -0.39 is 9.84 Å². The van der Waals surface area contributed by atoms with Crippen molar-refractivity contribution in [1.29, 1.82) is 0 Å². The van der Waals surface area contributed by atoms with Gasteiger partial charge in [0.1, 0.15) is 11.5 Å². The molecule has 2 rings (SSSR count). The third kappa shape index (κ3) is 3.47. The first-order valence-electron chi connectivity index (χ1n) is 6.09. The Morgan fingerprint density at radius 2 is 2.21 bits per heavy atom. The SMILES string of the molecule is Cc1ccc(C=CC(=O)N(C)C2CCS(=O)(=O)C2)o1. The number of carbonyl (C=O) groups is 1. The predicted molar refractivity (Wildman–Crippen MR) is 72.3 cm³/mol. The Hall–Kier alpha value is -1.56. The standard InChI is InChI=1S/C13H17NO4S/c1-10-3-4-12(18-10)5-6-13(15)14(2)11-7-8-19(16,17)9-11/h3-6,11H,7-9H2,1-2H3. The molecule has 1 amide bonds. The minimum absolute atomic E-state index is 0.0585. The molecule has 1 aliphatic rings. The molecule has 0 radical (unpaired) electrons. The Balaban J connectivity index is 1.98. The molecule has 19 heavy (non-hydrogen) atoms. The van der Waals surface area contributed by atoms with Crippen molar-refractivity contribution in [3.8, 4) is 0 Å². The lowest BCUT2D eigenvalue weighted by Gasteiger charge is -2.21. The first-order valence-corrected chi connectivity index (χ1v) is 7.91. The minimum atomic E-state index is -2.97. The van der Waals surface area contributed by atoms with Crippen LogP contribution in [-0.2, 0) is 14.6 Å². The Morgan fingerprint density at radius 3 is 2.74 bits per heavy atom. The van der Waals surface area contributed by atoms with E-state index in [1.165, 1.54) is 11.0 Å². The zero-order chi connectivity index (χ0) is 14.0. The molecule has 1 aromatic heterocycles. The Bertz CT molecular complexity index is 600. The molecule has 1 saturated heterocycles. The van der Waals surface area contributed by atoms with Crippen molar-refractivity contribution in [2.45, 2.75) is 19.4 Å². The summed E-state index contributed by atoms with van der Waals surface area (Å²) in [5.41, 5.74) is 0. The van der Waals surface area contributed by atoms with Gasteiger partial charge < -0.3 is 9.32 Å². The minimum Gasteiger partial charge on any atom is -0.462 e. The summed E-state index contributed by atoms with van der Waals surface area (Å²) in [6.07, 6.45) is 3.51. The first kappa shape index (κ1) is 13.9. The molecule has 104 valence electrons. The van der Waals surface area contributed by atoms with Gasteiger partial charge in [-0.15, -0.1) is 0 Å². The summed E-state index contributed by atoms with van der Waals surface area (Å²) in [4.78, 5) is 13.4. The summed E-state index contributed by atoms with van der Waals surface area (Å²) in [6.45, 7) is 1.83. The summed E-state index contributed by atoms with van der Waals surface area (Å²) in [6, 6.07) is 3.37. The van der Waals surface area contributed by atoms with Crippen molar-refractivity contribution in [3.63, 3.8) is 0 Å². The number of hydrogen-bond acceptors (Lipinski definition) is 4. The Morgan fingerprint density at radius 1 is 1.47 bits per heavy atom. The van der Waals surface area contributed by atoms with Crippen LogP contribution in [0.5, 0.6) is 0 Å². The van der Waals surface area contributed by atoms with Gasteiger partial charge in [-0.1, -0.05) is 0 Å². The van der Waals surface area contributed by atoms with Crippen LogP contribution >= 0.6 is 0 Å². The molecule has 1 atom stereocenters. The molecule has 5 nitrogen and oxygen atoms in total. The van der Waals surface area contributed by atoms with Crippen molar-refractivity contribution in [3.05, 3.63) is 29.7 Å². The van der Waals surface area contributed by atoms with E-state index in [2.05, 4.69) is 0 Å². The molecule has 0 N–H and O–H groups in total. The van der Waals surface area contributed by atoms with E-state index in [9.17, 15) is 13.2 Å². The largest absolute Gasteiger partial charge is 0.462 e. The molecule has 1 aliphatic heterocycles. The highest BCUT2D eigenvalue weighted by Crippen LogP contribution is 2.17. The molecule has 6 heteroatoms. The lowest BCUT2D eigenvalue weighted by atomic mass is 10.2. The fourth-order valence-corrected chi connectivity index (χ4v) is 3.85. The summed E-state index contributed by atoms with van der Waals surface area (Å²) in [5.74, 6) is 1.40. The van der Waals surface area contributed by atoms with Gasteiger partial charge >= 0.3 is 0 Å². The van der Waals surface area contributed by atoms with Crippen molar-refractivity contribution in [1.82, 2.24) is 4.90 Å². The van der Waals surface area contributed by atoms with Crippen LogP contribution in [-0.4, -0.2) is 43.8 Å². The molecule has 1 aromatic rings. The average molecular weight is 283 g/mol. The summed E-state index contributed by atoms with van der Waals surface area (Å²) < 4.78 is 28.1. The highest BCUT2D eigenvalue weighted by atomic mass is 32.2. The molecule has 0 aliphatic carbocycles. The maximum absolute atomic E-state index is 11.9. The van der Waals surface area contributed by atoms with E-state index in [0.29, 0.717) is 12.2 Å². The quantitative estimate of drug-likeness (QED) is 0.783. The van der Waals surface area contributed by atoms with Crippen LogP contribution < -0.4 is 0 Å². The molecule has 2 heterocycles. The smallest absolute Gasteiger partial charge is 0.246 e. The van der Waals surface area contributed by atoms with E-state index in [0.717, 1.165) is 5.76 Å². The molecule has 1 fully saturated rings. The number of furan rings is 1. The number of rotatable bonds is 3. The van der Waals surface area contributed by atoms with Gasteiger partial charge in [0, 0.05) is 19.2 Å². The maximum atomic E-state index is 11.9. The van der Waals surface area contributed by atoms with Crippen LogP contribution in [0.25, 0.3) is 6.08 Å². The van der Waals surface area contributed by atoms with Gasteiger partial charge in [-0.3, -0.25) is 4.79 Å². The zero-order valence-corrected chi connectivity index (χ0v) is 11.8. The fraction of sp³-hybridized carbons (Fsp3) is 0.462. The predicted octanol–water partition coefficient (Wildman–Crippen LogP) is 1.25. The molecular weight excluding hydrogens is 266 g/mol. The molecule has 1 unspecified atom stereocenters. The first-order chi connectivity index (χ1) is 8.87. The zero-order valence-electron chi connectivity index (χ0n) is 11.0. The van der Waals surface area contributed by atoms with E-state index in [1.807, 2.05) is 13.0 Å². The Kier molecular flexibility index (Phi) is 3.80. The summed E-state index contributed by atoms with van der Waals surface area (Å²) >= 11 is 0. The van der Waals surface area contributed by atoms with E-state index in [4.69, 9.17) is 4.42 Å². The number of carbonyl (C=O) groups excluding carboxylic acids is 1. The van der Waals surface area contributed by atoms with Crippen LogP contribution in [0.2, 0.25) is 0 Å². The second kappa shape index (κ2) is 5.21. The van der Waals surface area contributed by atoms with E-state index in [1.54, 1.807) is 19.2 Å². The van der Waals surface area contributed by atoms with Gasteiger partial charge in [-0.05, 0) is 31.6 Å². The van der Waals surface area contributed by atoms with Crippen molar-refractivity contribution in [2.24, 2.45) is 0 Å². The molecule has 0 aromatic carbocycles. The van der Waals surface area contributed by atoms with E-state index >= 15 is 0 Å². The monoisotopic (exact) mass is 283 g/mol. The van der Waals surface area contributed by atoms with Crippen molar-refractivity contribution >= 4 is 21.8 Å². The van der Waals surface area contributed by atoms with Crippen LogP contribution in [0.3, 0.4) is 0 Å². The van der Waals surface area contributed by atoms with Crippen LogP contribution in [0.1, 0.15) is 17.9 Å². The van der Waals surface area contributed by atoms with E-state index in [-0.39, 0.29) is 23.5 Å². The summed E-state index contributed by atoms with van der Waals surface area (Å²) in [7, 11) is -1.34. The lowest BCUT2D eigenvalue weighted by molar-refractivity contribution is -0.126. The molecule has 0 spiro atoms. The van der Waals surface area contributed by atoms with Gasteiger partial charge in [0.2, 0.25) is 5.91 Å². The fourth-order valence-electron chi connectivity index (χ4n) is 2.07. The third-order valence-electron chi connectivity index (χ3n) is 3.26. The number of hydrogen-bond donors (Lipinski definition) is 0. The normalized spacial score (nSPS) is 21.9. The molecular formula is C13H17NO4S. The highest BCUT2D eigenvalue weighted by molar-refractivity contribution is 7.91. The third-order valence-corrected chi connectivity index (χ3v) is 5.01. The van der Waals surface area contributed by atoms with Gasteiger partial charge in [-0.2, -0.15) is 0 Å². The second-order valence-electron chi connectivity index (χ2n) is 4.79. The maximum Gasteiger partial charge on any atom is 0.246 e. The second-order valence-corrected chi connectivity index (χ2v) is 7.02. The average Bonchev–Trinajstić information content (AvgIpc) is 2.91. The number of nitrogens with zero attached hydrogens (tertiary/aromatic N) is 1. The van der Waals surface area contributed by atoms with Gasteiger partial charge in [0.05, 0.1) is 11.5 Å². The molecule has 0 saturated carbocycles. The van der Waals surface area contributed by atoms with Crippen LogP contribution in [0, 0.1) is 6.92 Å². The lowest BCUT2D eigenvalue weighted by Crippen LogP contribution is -2.36. The number of sulfone groups is 1. The highest BCUT2D eigenvalue weighted by Gasteiger charge is 2.31. The topological polar surface area (TPSA) is 67.6 Å². The van der Waals surface area contributed by atoms with Crippen molar-refractivity contribution < 1.29 is 17.6 Å².